The molecule has 1 heterocycles. The van der Waals surface area contributed by atoms with Crippen molar-refractivity contribution >= 4 is 11.8 Å². The van der Waals surface area contributed by atoms with Gasteiger partial charge in [0.1, 0.15) is 11.5 Å². The molecule has 2 N–H and O–H groups in total. The fraction of sp³-hybridized carbons (Fsp3) is 0.292. The van der Waals surface area contributed by atoms with Crippen LogP contribution in [0.3, 0.4) is 0 Å². The normalized spacial score (nSPS) is 10.6. The number of rotatable bonds is 9. The van der Waals surface area contributed by atoms with E-state index in [2.05, 4.69) is 15.7 Å². The molecule has 0 aliphatic carbocycles. The summed E-state index contributed by atoms with van der Waals surface area (Å²) in [6.07, 6.45) is 0. The summed E-state index contributed by atoms with van der Waals surface area (Å²) in [6.45, 7) is 5.65. The Kier molecular flexibility index (Phi) is 7.83. The highest BCUT2D eigenvalue weighted by Gasteiger charge is 2.21. The predicted octanol–water partition coefficient (Wildman–Crippen LogP) is 3.22. The number of halogens is 2. The standard InChI is InChI=1S/C24H26F2N4O4/c1-5-27-22(31)13-34-20-9-6-16(10-21(20)33-4)12-28-24(32)23-14(2)29-30(15(23)3)19-8-7-17(25)11-18(19)26/h6-11H,5,12-13H2,1-4H3,(H,27,31)(H,28,32). The summed E-state index contributed by atoms with van der Waals surface area (Å²) in [5.41, 5.74) is 1.92. The second-order valence-corrected chi connectivity index (χ2v) is 7.46. The Labute approximate surface area is 195 Å². The molecule has 10 heteroatoms. The maximum atomic E-state index is 14.2. The molecule has 3 rings (SSSR count). The van der Waals surface area contributed by atoms with Crippen LogP contribution in [0.25, 0.3) is 5.69 Å². The van der Waals surface area contributed by atoms with Crippen LogP contribution < -0.4 is 20.1 Å². The third kappa shape index (κ3) is 5.51. The van der Waals surface area contributed by atoms with E-state index in [-0.39, 0.29) is 30.7 Å². The van der Waals surface area contributed by atoms with Crippen LogP contribution in [0.2, 0.25) is 0 Å². The number of aromatic nitrogens is 2. The highest BCUT2D eigenvalue weighted by atomic mass is 19.1. The summed E-state index contributed by atoms with van der Waals surface area (Å²) in [5, 5.41) is 9.72. The Morgan fingerprint density at radius 1 is 1.06 bits per heavy atom. The molecule has 8 nitrogen and oxygen atoms in total. The molecule has 0 bridgehead atoms. The highest BCUT2D eigenvalue weighted by Crippen LogP contribution is 2.28. The predicted molar refractivity (Wildman–Crippen MR) is 121 cm³/mol. The molecule has 0 aliphatic rings. The van der Waals surface area contributed by atoms with Gasteiger partial charge in [-0.1, -0.05) is 6.07 Å². The van der Waals surface area contributed by atoms with Crippen LogP contribution in [0.15, 0.2) is 36.4 Å². The molecule has 3 aromatic rings. The van der Waals surface area contributed by atoms with Gasteiger partial charge in [0.25, 0.3) is 11.8 Å². The number of likely N-dealkylation sites (N-methyl/N-ethyl adjacent to an activating group) is 1. The molecular weight excluding hydrogens is 446 g/mol. The number of benzene rings is 2. The monoisotopic (exact) mass is 472 g/mol. The van der Waals surface area contributed by atoms with Gasteiger partial charge in [-0.25, -0.2) is 13.5 Å². The van der Waals surface area contributed by atoms with Gasteiger partial charge in [-0.3, -0.25) is 9.59 Å². The fourth-order valence-electron chi connectivity index (χ4n) is 3.46. The van der Waals surface area contributed by atoms with Crippen LogP contribution in [0.1, 0.15) is 34.2 Å². The van der Waals surface area contributed by atoms with Crippen molar-refractivity contribution in [2.45, 2.75) is 27.3 Å². The van der Waals surface area contributed by atoms with Crippen molar-refractivity contribution < 1.29 is 27.8 Å². The van der Waals surface area contributed by atoms with Gasteiger partial charge in [-0.2, -0.15) is 5.10 Å². The molecule has 0 fully saturated rings. The second kappa shape index (κ2) is 10.8. The molecular formula is C24H26F2N4O4. The molecule has 2 amide bonds. The first-order valence-electron chi connectivity index (χ1n) is 10.6. The molecule has 0 spiro atoms. The summed E-state index contributed by atoms with van der Waals surface area (Å²) in [5.74, 6) is -1.29. The molecule has 0 unspecified atom stereocenters. The lowest BCUT2D eigenvalue weighted by atomic mass is 10.1. The van der Waals surface area contributed by atoms with Crippen molar-refractivity contribution in [3.8, 4) is 17.2 Å². The number of carbonyl (C=O) groups excluding carboxylic acids is 2. The quantitative estimate of drug-likeness (QED) is 0.499. The number of carbonyl (C=O) groups is 2. The number of nitrogens with zero attached hydrogens (tertiary/aromatic N) is 2. The highest BCUT2D eigenvalue weighted by molar-refractivity contribution is 5.96. The third-order valence-electron chi connectivity index (χ3n) is 5.07. The van der Waals surface area contributed by atoms with E-state index in [1.54, 1.807) is 32.0 Å². The van der Waals surface area contributed by atoms with Gasteiger partial charge in [0.05, 0.1) is 24.1 Å². The largest absolute Gasteiger partial charge is 0.493 e. The van der Waals surface area contributed by atoms with Gasteiger partial charge < -0.3 is 20.1 Å². The number of nitrogens with one attached hydrogen (secondary N) is 2. The van der Waals surface area contributed by atoms with Gasteiger partial charge >= 0.3 is 0 Å². The maximum Gasteiger partial charge on any atom is 0.257 e. The lowest BCUT2D eigenvalue weighted by Gasteiger charge is -2.13. The lowest BCUT2D eigenvalue weighted by molar-refractivity contribution is -0.123. The number of hydrogen-bond donors (Lipinski definition) is 2. The SMILES string of the molecule is CCNC(=O)COc1ccc(CNC(=O)c2c(C)nn(-c3ccc(F)cc3F)c2C)cc1OC. The first kappa shape index (κ1) is 24.7. The Morgan fingerprint density at radius 2 is 1.82 bits per heavy atom. The zero-order valence-electron chi connectivity index (χ0n) is 19.4. The van der Waals surface area contributed by atoms with E-state index in [1.807, 2.05) is 6.92 Å². The van der Waals surface area contributed by atoms with E-state index in [1.165, 1.54) is 17.9 Å². The molecule has 2 aromatic carbocycles. The summed E-state index contributed by atoms with van der Waals surface area (Å²) >= 11 is 0. The number of amides is 2. The molecule has 34 heavy (non-hydrogen) atoms. The van der Waals surface area contributed by atoms with Gasteiger partial charge in [0.15, 0.2) is 23.9 Å². The van der Waals surface area contributed by atoms with Gasteiger partial charge in [-0.05, 0) is 50.6 Å². The van der Waals surface area contributed by atoms with Crippen molar-refractivity contribution in [3.63, 3.8) is 0 Å². The van der Waals surface area contributed by atoms with Gasteiger partial charge in [-0.15, -0.1) is 0 Å². The molecule has 1 aromatic heterocycles. The van der Waals surface area contributed by atoms with Crippen LogP contribution in [0, 0.1) is 25.5 Å². The molecule has 0 radical (unpaired) electrons. The summed E-state index contributed by atoms with van der Waals surface area (Å²) in [6, 6.07) is 8.27. The molecule has 0 atom stereocenters. The van der Waals surface area contributed by atoms with Crippen molar-refractivity contribution in [2.24, 2.45) is 0 Å². The lowest BCUT2D eigenvalue weighted by Crippen LogP contribution is -2.28. The van der Waals surface area contributed by atoms with Crippen LogP contribution >= 0.6 is 0 Å². The van der Waals surface area contributed by atoms with Crippen molar-refractivity contribution in [3.05, 3.63) is 70.5 Å². The van der Waals surface area contributed by atoms with E-state index >= 15 is 0 Å². The Bertz CT molecular complexity index is 1210. The molecule has 180 valence electrons. The van der Waals surface area contributed by atoms with Crippen LogP contribution in [0.5, 0.6) is 11.5 Å². The number of ether oxygens (including phenoxy) is 2. The Morgan fingerprint density at radius 3 is 2.50 bits per heavy atom. The van der Waals surface area contributed by atoms with Gasteiger partial charge in [0, 0.05) is 19.2 Å². The van der Waals surface area contributed by atoms with Crippen molar-refractivity contribution in [1.82, 2.24) is 20.4 Å². The summed E-state index contributed by atoms with van der Waals surface area (Å²) in [7, 11) is 1.48. The minimum Gasteiger partial charge on any atom is -0.493 e. The molecule has 0 saturated carbocycles. The fourth-order valence-corrected chi connectivity index (χ4v) is 3.46. The van der Waals surface area contributed by atoms with E-state index in [4.69, 9.17) is 9.47 Å². The summed E-state index contributed by atoms with van der Waals surface area (Å²) in [4.78, 5) is 24.5. The maximum absolute atomic E-state index is 14.2. The average Bonchev–Trinajstić information content (AvgIpc) is 3.10. The molecule has 0 saturated heterocycles. The minimum absolute atomic E-state index is 0.0500. The van der Waals surface area contributed by atoms with E-state index in [9.17, 15) is 18.4 Å². The first-order chi connectivity index (χ1) is 16.2. The van der Waals surface area contributed by atoms with Crippen LogP contribution in [0.4, 0.5) is 8.78 Å². The number of hydrogen-bond acceptors (Lipinski definition) is 5. The van der Waals surface area contributed by atoms with E-state index < -0.39 is 11.6 Å². The number of methoxy groups -OCH3 is 1. The van der Waals surface area contributed by atoms with Crippen LogP contribution in [-0.2, 0) is 11.3 Å². The smallest absolute Gasteiger partial charge is 0.257 e. The van der Waals surface area contributed by atoms with Crippen molar-refractivity contribution in [2.75, 3.05) is 20.3 Å². The van der Waals surface area contributed by atoms with Crippen molar-refractivity contribution in [1.29, 1.82) is 0 Å². The summed E-state index contributed by atoms with van der Waals surface area (Å²) < 4.78 is 39.6. The minimum atomic E-state index is -0.779. The zero-order valence-corrected chi connectivity index (χ0v) is 19.4. The number of aryl methyl sites for hydroxylation is 1. The molecule has 0 aliphatic heterocycles. The van der Waals surface area contributed by atoms with E-state index in [0.717, 1.165) is 17.7 Å². The third-order valence-corrected chi connectivity index (χ3v) is 5.07. The van der Waals surface area contributed by atoms with E-state index in [0.29, 0.717) is 35.0 Å². The second-order valence-electron chi connectivity index (χ2n) is 7.46. The zero-order chi connectivity index (χ0) is 24.8. The average molecular weight is 472 g/mol. The Hall–Kier alpha value is -3.95. The first-order valence-corrected chi connectivity index (χ1v) is 10.6. The topological polar surface area (TPSA) is 94.5 Å². The Balaban J connectivity index is 1.72. The van der Waals surface area contributed by atoms with Crippen LogP contribution in [-0.4, -0.2) is 41.9 Å². The van der Waals surface area contributed by atoms with Gasteiger partial charge in [0.2, 0.25) is 0 Å².